The van der Waals surface area contributed by atoms with Gasteiger partial charge in [0.2, 0.25) is 11.8 Å². The van der Waals surface area contributed by atoms with Crippen LogP contribution in [0, 0.1) is 0 Å². The van der Waals surface area contributed by atoms with Gasteiger partial charge in [0.15, 0.2) is 11.5 Å². The highest BCUT2D eigenvalue weighted by Crippen LogP contribution is 2.24. The molecule has 1 atom stereocenters. The molecule has 0 aromatic carbocycles. The lowest BCUT2D eigenvalue weighted by Gasteiger charge is -2.33. The van der Waals surface area contributed by atoms with E-state index in [9.17, 15) is 14.4 Å². The van der Waals surface area contributed by atoms with Crippen LogP contribution in [-0.4, -0.2) is 40.5 Å². The number of anilines is 2. The summed E-state index contributed by atoms with van der Waals surface area (Å²) < 4.78 is 0. The Kier molecular flexibility index (Phi) is 3.07. The summed E-state index contributed by atoms with van der Waals surface area (Å²) in [4.78, 5) is 39.1. The van der Waals surface area contributed by atoms with Gasteiger partial charge in [0, 0.05) is 0 Å². The molecule has 8 nitrogen and oxygen atoms in total. The molecule has 0 aliphatic carbocycles. The molecule has 2 heterocycles. The molecular formula is C11H12N4O4. The molecule has 1 unspecified atom stereocenters. The van der Waals surface area contributed by atoms with E-state index in [0.29, 0.717) is 0 Å². The molecule has 0 saturated carbocycles. The van der Waals surface area contributed by atoms with Gasteiger partial charge >= 0.3 is 5.97 Å². The normalized spacial score (nSPS) is 19.2. The number of rotatable bonds is 2. The van der Waals surface area contributed by atoms with Gasteiger partial charge in [0.1, 0.15) is 6.04 Å². The molecule has 0 spiro atoms. The number of aromatic carboxylic acids is 1. The minimum atomic E-state index is -1.21. The molecule has 4 N–H and O–H groups in total. The Morgan fingerprint density at radius 3 is 2.84 bits per heavy atom. The van der Waals surface area contributed by atoms with Crippen molar-refractivity contribution < 1.29 is 19.5 Å². The van der Waals surface area contributed by atoms with Crippen molar-refractivity contribution in [2.24, 2.45) is 0 Å². The van der Waals surface area contributed by atoms with E-state index < -0.39 is 23.8 Å². The van der Waals surface area contributed by atoms with Crippen LogP contribution in [0.15, 0.2) is 12.1 Å². The van der Waals surface area contributed by atoms with Gasteiger partial charge in [-0.3, -0.25) is 14.9 Å². The maximum Gasteiger partial charge on any atom is 0.354 e. The van der Waals surface area contributed by atoms with E-state index in [2.05, 4.69) is 10.3 Å². The number of hydrogen-bond donors (Lipinski definition) is 3. The van der Waals surface area contributed by atoms with E-state index in [1.54, 1.807) is 6.92 Å². The van der Waals surface area contributed by atoms with Crippen molar-refractivity contribution in [1.29, 1.82) is 0 Å². The third-order valence-corrected chi connectivity index (χ3v) is 2.82. The first kappa shape index (κ1) is 12.8. The first-order valence-corrected chi connectivity index (χ1v) is 5.50. The molecule has 1 saturated heterocycles. The summed E-state index contributed by atoms with van der Waals surface area (Å²) in [7, 11) is 0. The highest BCUT2D eigenvalue weighted by Gasteiger charge is 2.32. The number of carboxylic acids is 1. The summed E-state index contributed by atoms with van der Waals surface area (Å²) in [5.41, 5.74) is 5.74. The number of nitrogen functional groups attached to an aromatic ring is 1. The van der Waals surface area contributed by atoms with Crippen LogP contribution in [0.3, 0.4) is 0 Å². The zero-order valence-electron chi connectivity index (χ0n) is 10.1. The summed E-state index contributed by atoms with van der Waals surface area (Å²) >= 11 is 0. The lowest BCUT2D eigenvalue weighted by atomic mass is 10.2. The minimum Gasteiger partial charge on any atom is -0.477 e. The van der Waals surface area contributed by atoms with Crippen LogP contribution < -0.4 is 16.0 Å². The number of piperazine rings is 1. The third-order valence-electron chi connectivity index (χ3n) is 2.82. The van der Waals surface area contributed by atoms with Gasteiger partial charge in [-0.25, -0.2) is 9.78 Å². The Morgan fingerprint density at radius 2 is 2.21 bits per heavy atom. The molecule has 19 heavy (non-hydrogen) atoms. The fourth-order valence-corrected chi connectivity index (χ4v) is 1.78. The fraction of sp³-hybridized carbons (Fsp3) is 0.273. The topological polar surface area (TPSA) is 126 Å². The van der Waals surface area contributed by atoms with Gasteiger partial charge < -0.3 is 15.7 Å². The number of nitrogens with one attached hydrogen (secondary N) is 1. The van der Waals surface area contributed by atoms with E-state index in [4.69, 9.17) is 10.8 Å². The predicted octanol–water partition coefficient (Wildman–Crippen LogP) is -0.787. The lowest BCUT2D eigenvalue weighted by Crippen LogP contribution is -2.57. The molecule has 0 bridgehead atoms. The Labute approximate surface area is 108 Å². The van der Waals surface area contributed by atoms with E-state index >= 15 is 0 Å². The van der Waals surface area contributed by atoms with Crippen LogP contribution in [0.4, 0.5) is 11.5 Å². The van der Waals surface area contributed by atoms with Crippen molar-refractivity contribution in [3.63, 3.8) is 0 Å². The molecule has 1 fully saturated rings. The number of pyridine rings is 1. The molecule has 1 aliphatic rings. The second kappa shape index (κ2) is 4.56. The molecular weight excluding hydrogens is 252 g/mol. The average molecular weight is 264 g/mol. The van der Waals surface area contributed by atoms with Crippen molar-refractivity contribution in [1.82, 2.24) is 10.3 Å². The maximum atomic E-state index is 11.6. The van der Waals surface area contributed by atoms with Gasteiger partial charge in [0.25, 0.3) is 0 Å². The van der Waals surface area contributed by atoms with E-state index in [1.807, 2.05) is 0 Å². The number of hydrogen-bond acceptors (Lipinski definition) is 6. The smallest absolute Gasteiger partial charge is 0.354 e. The van der Waals surface area contributed by atoms with Crippen LogP contribution in [0.5, 0.6) is 0 Å². The molecule has 1 aromatic heterocycles. The predicted molar refractivity (Wildman–Crippen MR) is 65.6 cm³/mol. The minimum absolute atomic E-state index is 0.104. The van der Waals surface area contributed by atoms with Crippen molar-refractivity contribution in [2.45, 2.75) is 13.0 Å². The van der Waals surface area contributed by atoms with Crippen LogP contribution in [0.1, 0.15) is 17.4 Å². The Bertz CT molecular complexity index is 572. The number of carboxylic acid groups (broad SMARTS) is 1. The molecule has 8 heteroatoms. The van der Waals surface area contributed by atoms with Crippen molar-refractivity contribution in [3.05, 3.63) is 17.8 Å². The number of carbonyl (C=O) groups is 3. The number of nitrogens with two attached hydrogens (primary N) is 1. The summed E-state index contributed by atoms with van der Waals surface area (Å²) in [6, 6.07) is 1.99. The quantitative estimate of drug-likeness (QED) is 0.598. The SMILES string of the molecule is CC1C(=O)NC(=O)CN1c1nc(C(=O)O)ccc1N. The van der Waals surface area contributed by atoms with Gasteiger partial charge in [-0.05, 0) is 19.1 Å². The number of amides is 2. The van der Waals surface area contributed by atoms with Crippen molar-refractivity contribution in [2.75, 3.05) is 17.2 Å². The highest BCUT2D eigenvalue weighted by atomic mass is 16.4. The number of nitrogens with zero attached hydrogens (tertiary/aromatic N) is 2. The van der Waals surface area contributed by atoms with Gasteiger partial charge in [-0.1, -0.05) is 0 Å². The molecule has 2 amide bonds. The Balaban J connectivity index is 2.44. The maximum absolute atomic E-state index is 11.6. The van der Waals surface area contributed by atoms with Crippen molar-refractivity contribution >= 4 is 29.3 Å². The summed E-state index contributed by atoms with van der Waals surface area (Å²) in [5, 5.41) is 11.1. The lowest BCUT2D eigenvalue weighted by molar-refractivity contribution is -0.132. The second-order valence-corrected chi connectivity index (χ2v) is 4.13. The van der Waals surface area contributed by atoms with Crippen molar-refractivity contribution in [3.8, 4) is 0 Å². The number of aromatic nitrogens is 1. The molecule has 1 aromatic rings. The monoisotopic (exact) mass is 264 g/mol. The molecule has 1 aliphatic heterocycles. The Hall–Kier alpha value is -2.64. The average Bonchev–Trinajstić information content (AvgIpc) is 2.34. The van der Waals surface area contributed by atoms with Crippen LogP contribution in [0.2, 0.25) is 0 Å². The number of carbonyl (C=O) groups excluding carboxylic acids is 2. The van der Waals surface area contributed by atoms with Crippen LogP contribution in [0.25, 0.3) is 0 Å². The van der Waals surface area contributed by atoms with Crippen LogP contribution >= 0.6 is 0 Å². The van der Waals surface area contributed by atoms with Gasteiger partial charge in [0.05, 0.1) is 12.2 Å². The Morgan fingerprint density at radius 1 is 1.53 bits per heavy atom. The van der Waals surface area contributed by atoms with E-state index in [0.717, 1.165) is 0 Å². The first-order valence-electron chi connectivity index (χ1n) is 5.50. The van der Waals surface area contributed by atoms with Crippen LogP contribution in [-0.2, 0) is 9.59 Å². The van der Waals surface area contributed by atoms with E-state index in [1.165, 1.54) is 17.0 Å². The summed E-state index contributed by atoms with van der Waals surface area (Å²) in [6.45, 7) is 1.48. The zero-order chi connectivity index (χ0) is 14.2. The first-order chi connectivity index (χ1) is 8.90. The molecule has 100 valence electrons. The summed E-state index contributed by atoms with van der Waals surface area (Å²) in [6.07, 6.45) is 0. The number of imide groups is 1. The van der Waals surface area contributed by atoms with Gasteiger partial charge in [-0.2, -0.15) is 0 Å². The fourth-order valence-electron chi connectivity index (χ4n) is 1.78. The third kappa shape index (κ3) is 2.32. The summed E-state index contributed by atoms with van der Waals surface area (Å²) in [5.74, 6) is -2.04. The molecule has 2 rings (SSSR count). The van der Waals surface area contributed by atoms with E-state index in [-0.39, 0.29) is 23.7 Å². The zero-order valence-corrected chi connectivity index (χ0v) is 10.1. The highest BCUT2D eigenvalue weighted by molar-refractivity contribution is 6.04. The molecule has 0 radical (unpaired) electrons. The standard InChI is InChI=1S/C11H12N4O4/c1-5-10(17)14-8(16)4-15(5)9-6(12)2-3-7(13-9)11(18)19/h2-3,5H,4,12H2,1H3,(H,18,19)(H,14,16,17). The second-order valence-electron chi connectivity index (χ2n) is 4.13. The van der Waals surface area contributed by atoms with Gasteiger partial charge in [-0.15, -0.1) is 0 Å². The largest absolute Gasteiger partial charge is 0.477 e.